The van der Waals surface area contributed by atoms with Gasteiger partial charge in [-0.1, -0.05) is 12.5 Å². The first kappa shape index (κ1) is 19.4. The van der Waals surface area contributed by atoms with Crippen LogP contribution in [0.2, 0.25) is 0 Å². The molecule has 0 bridgehead atoms. The summed E-state index contributed by atoms with van der Waals surface area (Å²) < 4.78 is 0. The number of carboxylic acids is 1. The van der Waals surface area contributed by atoms with Crippen LogP contribution >= 0.6 is 0 Å². The topological polar surface area (TPSA) is 104 Å². The summed E-state index contributed by atoms with van der Waals surface area (Å²) in [6.07, 6.45) is 2.33. The summed E-state index contributed by atoms with van der Waals surface area (Å²) in [5.41, 5.74) is 3.03. The minimum Gasteiger partial charge on any atom is -0.481 e. The first-order chi connectivity index (χ1) is 12.4. The predicted molar refractivity (Wildman–Crippen MR) is 99.7 cm³/mol. The van der Waals surface area contributed by atoms with Crippen molar-refractivity contribution in [1.29, 1.82) is 0 Å². The number of anilines is 2. The Morgan fingerprint density at radius 1 is 1.04 bits per heavy atom. The molecule has 1 amide bonds. The molecule has 2 rings (SSSR count). The molecule has 0 atom stereocenters. The summed E-state index contributed by atoms with van der Waals surface area (Å²) in [5, 5.41) is 14.6. The zero-order chi connectivity index (χ0) is 18.9. The van der Waals surface area contributed by atoms with E-state index < -0.39 is 5.97 Å². The van der Waals surface area contributed by atoms with Crippen LogP contribution in [0.25, 0.3) is 0 Å². The van der Waals surface area contributed by atoms with Gasteiger partial charge in [-0.2, -0.15) is 0 Å². The number of aliphatic carboxylic acids is 1. The third-order valence-electron chi connectivity index (χ3n) is 3.72. The Morgan fingerprint density at radius 3 is 2.46 bits per heavy atom. The fraction of sp³-hybridized carbons (Fsp3) is 0.368. The zero-order valence-electron chi connectivity index (χ0n) is 15.1. The second-order valence-electron chi connectivity index (χ2n) is 6.14. The van der Waals surface area contributed by atoms with Crippen LogP contribution in [0.15, 0.2) is 30.3 Å². The van der Waals surface area contributed by atoms with Crippen LogP contribution in [-0.4, -0.2) is 33.5 Å². The largest absolute Gasteiger partial charge is 0.481 e. The highest BCUT2D eigenvalue weighted by Crippen LogP contribution is 2.15. The fourth-order valence-corrected chi connectivity index (χ4v) is 2.53. The number of amides is 1. The van der Waals surface area contributed by atoms with E-state index in [-0.39, 0.29) is 12.3 Å². The minimum atomic E-state index is -0.786. The van der Waals surface area contributed by atoms with Crippen molar-refractivity contribution in [2.24, 2.45) is 0 Å². The van der Waals surface area contributed by atoms with Gasteiger partial charge in [0.15, 0.2) is 0 Å². The molecular weight excluding hydrogens is 332 g/mol. The Bertz CT molecular complexity index is 757. The summed E-state index contributed by atoms with van der Waals surface area (Å²) in [5.74, 6) is -0.446. The van der Waals surface area contributed by atoms with Gasteiger partial charge >= 0.3 is 5.97 Å². The van der Waals surface area contributed by atoms with Crippen LogP contribution < -0.4 is 10.6 Å². The lowest BCUT2D eigenvalue weighted by molar-refractivity contribution is -0.137. The summed E-state index contributed by atoms with van der Waals surface area (Å²) >= 11 is 0. The van der Waals surface area contributed by atoms with Crippen molar-refractivity contribution in [2.75, 3.05) is 11.9 Å². The summed E-state index contributed by atoms with van der Waals surface area (Å²) in [6, 6.07) is 9.04. The molecule has 0 aliphatic carbocycles. The number of rotatable bonds is 9. The Morgan fingerprint density at radius 2 is 1.77 bits per heavy atom. The van der Waals surface area contributed by atoms with Gasteiger partial charge in [-0.3, -0.25) is 9.59 Å². The van der Waals surface area contributed by atoms with E-state index in [1.165, 1.54) is 0 Å². The highest BCUT2D eigenvalue weighted by atomic mass is 16.4. The lowest BCUT2D eigenvalue weighted by Gasteiger charge is -2.09. The monoisotopic (exact) mass is 356 g/mol. The van der Waals surface area contributed by atoms with Crippen LogP contribution in [0, 0.1) is 13.8 Å². The predicted octanol–water partition coefficient (Wildman–Crippen LogP) is 3.21. The van der Waals surface area contributed by atoms with Crippen LogP contribution in [-0.2, 0) is 4.79 Å². The molecule has 7 nitrogen and oxygen atoms in total. The summed E-state index contributed by atoms with van der Waals surface area (Å²) in [6.45, 7) is 4.33. The minimum absolute atomic E-state index is 0.159. The molecule has 0 aliphatic heterocycles. The van der Waals surface area contributed by atoms with E-state index >= 15 is 0 Å². The van der Waals surface area contributed by atoms with Crippen LogP contribution in [0.5, 0.6) is 0 Å². The van der Waals surface area contributed by atoms with Gasteiger partial charge in [0.2, 0.25) is 5.95 Å². The molecule has 26 heavy (non-hydrogen) atoms. The first-order valence-electron chi connectivity index (χ1n) is 8.63. The smallest absolute Gasteiger partial charge is 0.303 e. The lowest BCUT2D eigenvalue weighted by Crippen LogP contribution is -2.24. The molecule has 0 aliphatic rings. The van der Waals surface area contributed by atoms with Crippen molar-refractivity contribution in [1.82, 2.24) is 15.3 Å². The average molecular weight is 356 g/mol. The van der Waals surface area contributed by atoms with Crippen molar-refractivity contribution < 1.29 is 14.7 Å². The molecule has 0 unspecified atom stereocenters. The maximum Gasteiger partial charge on any atom is 0.303 e. The normalized spacial score (nSPS) is 10.4. The van der Waals surface area contributed by atoms with Gasteiger partial charge in [0.05, 0.1) is 0 Å². The molecule has 138 valence electrons. The molecule has 0 saturated carbocycles. The second-order valence-corrected chi connectivity index (χ2v) is 6.14. The number of hydrogen-bond donors (Lipinski definition) is 3. The standard InChI is InChI=1S/C19H24N4O3/c1-13-11-14(2)22-19(21-13)23-16-8-6-7-15(12-16)18(26)20-10-5-3-4-9-17(24)25/h6-8,11-12H,3-5,9-10H2,1-2H3,(H,20,26)(H,24,25)(H,21,22,23). The van der Waals surface area contributed by atoms with Gasteiger partial charge in [0.25, 0.3) is 5.91 Å². The number of benzene rings is 1. The molecule has 1 aromatic heterocycles. The molecule has 1 aromatic carbocycles. The molecule has 3 N–H and O–H groups in total. The third-order valence-corrected chi connectivity index (χ3v) is 3.72. The third kappa shape index (κ3) is 6.51. The molecular formula is C19H24N4O3. The van der Waals surface area contributed by atoms with E-state index in [9.17, 15) is 9.59 Å². The number of nitrogens with zero attached hydrogens (tertiary/aromatic N) is 2. The molecule has 0 radical (unpaired) electrons. The van der Waals surface area contributed by atoms with Crippen molar-refractivity contribution in [2.45, 2.75) is 39.5 Å². The Balaban J connectivity index is 1.87. The Kier molecular flexibility index (Phi) is 7.08. The van der Waals surface area contributed by atoms with Crippen molar-refractivity contribution in [3.8, 4) is 0 Å². The van der Waals surface area contributed by atoms with E-state index in [4.69, 9.17) is 5.11 Å². The molecule has 0 spiro atoms. The van der Waals surface area contributed by atoms with E-state index in [1.54, 1.807) is 18.2 Å². The number of unbranched alkanes of at least 4 members (excludes halogenated alkanes) is 2. The fourth-order valence-electron chi connectivity index (χ4n) is 2.53. The van der Waals surface area contributed by atoms with Gasteiger partial charge in [0, 0.05) is 35.6 Å². The number of aryl methyl sites for hydroxylation is 2. The Labute approximate surface area is 152 Å². The van der Waals surface area contributed by atoms with Crippen molar-refractivity contribution in [3.05, 3.63) is 47.3 Å². The van der Waals surface area contributed by atoms with Gasteiger partial charge in [0.1, 0.15) is 0 Å². The molecule has 1 heterocycles. The molecule has 7 heteroatoms. The van der Waals surface area contributed by atoms with Crippen LogP contribution in [0.4, 0.5) is 11.6 Å². The van der Waals surface area contributed by atoms with Crippen molar-refractivity contribution >= 4 is 23.5 Å². The molecule has 0 fully saturated rings. The van der Waals surface area contributed by atoms with Crippen LogP contribution in [0.3, 0.4) is 0 Å². The maximum absolute atomic E-state index is 12.2. The van der Waals surface area contributed by atoms with Gasteiger partial charge < -0.3 is 15.7 Å². The zero-order valence-corrected chi connectivity index (χ0v) is 15.1. The van der Waals surface area contributed by atoms with Gasteiger partial charge in [-0.15, -0.1) is 0 Å². The second kappa shape index (κ2) is 9.50. The number of hydrogen-bond acceptors (Lipinski definition) is 5. The number of nitrogens with one attached hydrogen (secondary N) is 2. The van der Waals surface area contributed by atoms with Gasteiger partial charge in [-0.25, -0.2) is 9.97 Å². The Hall–Kier alpha value is -2.96. The highest BCUT2D eigenvalue weighted by Gasteiger charge is 2.07. The van der Waals surface area contributed by atoms with E-state index in [0.29, 0.717) is 24.5 Å². The maximum atomic E-state index is 12.2. The molecule has 2 aromatic rings. The number of carbonyl (C=O) groups excluding carboxylic acids is 1. The highest BCUT2D eigenvalue weighted by molar-refractivity contribution is 5.95. The SMILES string of the molecule is Cc1cc(C)nc(Nc2cccc(C(=O)NCCCCCC(=O)O)c2)n1. The van der Waals surface area contributed by atoms with E-state index in [1.807, 2.05) is 26.0 Å². The number of aromatic nitrogens is 2. The molecule has 0 saturated heterocycles. The first-order valence-corrected chi connectivity index (χ1v) is 8.63. The van der Waals surface area contributed by atoms with Crippen molar-refractivity contribution in [3.63, 3.8) is 0 Å². The number of carbonyl (C=O) groups is 2. The summed E-state index contributed by atoms with van der Waals surface area (Å²) in [4.78, 5) is 31.3. The van der Waals surface area contributed by atoms with Gasteiger partial charge in [-0.05, 0) is 51.0 Å². The quantitative estimate of drug-likeness (QED) is 0.596. The van der Waals surface area contributed by atoms with E-state index in [2.05, 4.69) is 20.6 Å². The lowest BCUT2D eigenvalue weighted by atomic mass is 10.1. The number of carboxylic acid groups (broad SMARTS) is 1. The average Bonchev–Trinajstić information content (AvgIpc) is 2.57. The van der Waals surface area contributed by atoms with E-state index in [0.717, 1.165) is 29.9 Å². The summed E-state index contributed by atoms with van der Waals surface area (Å²) in [7, 11) is 0. The van der Waals surface area contributed by atoms with Crippen LogP contribution in [0.1, 0.15) is 47.4 Å².